The summed E-state index contributed by atoms with van der Waals surface area (Å²) in [6, 6.07) is 0.841. The van der Waals surface area contributed by atoms with Gasteiger partial charge in [0.25, 0.3) is 5.91 Å². The molecular weight excluding hydrogens is 520 g/mol. The zero-order valence-corrected chi connectivity index (χ0v) is 23.1. The fraction of sp³-hybridized carbons (Fsp3) is 0.536. The number of carbonyl (C=O) groups is 3. The molecule has 3 aliphatic carbocycles. The van der Waals surface area contributed by atoms with Crippen LogP contribution in [0.4, 0.5) is 5.69 Å². The number of nitrogens with two attached hydrogens (primary N) is 1. The molecule has 1 heterocycles. The number of ketones is 2. The van der Waals surface area contributed by atoms with Crippen LogP contribution in [0.5, 0.6) is 5.75 Å². The van der Waals surface area contributed by atoms with Gasteiger partial charge in [0, 0.05) is 56.5 Å². The number of aliphatic hydroxyl groups excluding tert-OH is 2. The Bertz CT molecular complexity index is 1360. The number of anilines is 1. The highest BCUT2D eigenvalue weighted by Crippen LogP contribution is 2.53. The molecule has 4 aliphatic rings. The molecule has 12 heteroatoms. The monoisotopic (exact) mass is 556 g/mol. The van der Waals surface area contributed by atoms with Gasteiger partial charge in [-0.2, -0.15) is 0 Å². The first-order valence-corrected chi connectivity index (χ1v) is 13.3. The van der Waals surface area contributed by atoms with E-state index in [4.69, 9.17) is 10.5 Å². The van der Waals surface area contributed by atoms with Crippen molar-refractivity contribution in [3.8, 4) is 5.75 Å². The fourth-order valence-corrected chi connectivity index (χ4v) is 6.87. The van der Waals surface area contributed by atoms with Crippen LogP contribution in [0, 0.1) is 11.8 Å². The molecule has 0 radical (unpaired) electrons. The number of primary amides is 1. The Labute approximate surface area is 231 Å². The van der Waals surface area contributed by atoms with Crippen LogP contribution < -0.4 is 10.6 Å². The minimum absolute atomic E-state index is 0.0234. The van der Waals surface area contributed by atoms with Crippen LogP contribution in [-0.2, 0) is 27.3 Å². The summed E-state index contributed by atoms with van der Waals surface area (Å²) in [4.78, 5) is 45.2. The smallest absolute Gasteiger partial charge is 0.255 e. The summed E-state index contributed by atoms with van der Waals surface area (Å²) in [5, 5.41) is 45.6. The number of benzene rings is 1. The number of rotatable bonds is 5. The second-order valence-corrected chi connectivity index (χ2v) is 11.5. The third-order valence-corrected chi connectivity index (χ3v) is 8.76. The molecule has 1 aliphatic heterocycles. The Morgan fingerprint density at radius 3 is 2.38 bits per heavy atom. The third-order valence-electron chi connectivity index (χ3n) is 8.76. The lowest BCUT2D eigenvalue weighted by molar-refractivity contribution is -0.148. The Kier molecular flexibility index (Phi) is 6.94. The number of allylic oxidation sites excluding steroid dienone is 1. The van der Waals surface area contributed by atoms with Gasteiger partial charge in [-0.05, 0) is 44.5 Å². The van der Waals surface area contributed by atoms with Gasteiger partial charge in [0.2, 0.25) is 5.78 Å². The van der Waals surface area contributed by atoms with Gasteiger partial charge in [0.1, 0.15) is 22.8 Å². The molecule has 0 spiro atoms. The second-order valence-electron chi connectivity index (χ2n) is 11.5. The Morgan fingerprint density at radius 1 is 1.15 bits per heavy atom. The van der Waals surface area contributed by atoms with Crippen molar-refractivity contribution in [2.24, 2.45) is 17.6 Å². The van der Waals surface area contributed by atoms with E-state index in [1.807, 2.05) is 25.1 Å². The molecule has 1 aromatic carbocycles. The number of hydrogen-bond acceptors (Lipinski definition) is 11. The maximum absolute atomic E-state index is 14.1. The maximum Gasteiger partial charge on any atom is 0.255 e. The van der Waals surface area contributed by atoms with E-state index in [0.29, 0.717) is 44.0 Å². The lowest BCUT2D eigenvalue weighted by Crippen LogP contribution is -2.63. The zero-order chi connectivity index (χ0) is 29.3. The van der Waals surface area contributed by atoms with Crippen LogP contribution in [0.3, 0.4) is 0 Å². The van der Waals surface area contributed by atoms with E-state index < -0.39 is 58.0 Å². The molecule has 0 aromatic heterocycles. The predicted molar refractivity (Wildman–Crippen MR) is 144 cm³/mol. The summed E-state index contributed by atoms with van der Waals surface area (Å²) in [5.74, 6) is -6.52. The molecule has 0 bridgehead atoms. The lowest BCUT2D eigenvalue weighted by atomic mass is 9.58. The normalized spacial score (nSPS) is 28.9. The molecule has 0 unspecified atom stereocenters. The number of aliphatic hydroxyl groups is 3. The van der Waals surface area contributed by atoms with E-state index in [-0.39, 0.29) is 29.7 Å². The standard InChI is InChI=1S/C28H36N4O8/c1-30(2)17-11-14(12-32-5-7-40-8-6-32)22(33)19-15(17)9-13-10-16-21(31(3)4)24(35)20(27(29)38)26(37)28(16,39)25(36)18(13)23(19)34/h11,13,16,21,33,35-36,39H,5-10,12H2,1-4H3,(H2,29,38)/t13-,16+,21+,28+/m1/s1. The van der Waals surface area contributed by atoms with Crippen LogP contribution in [0.2, 0.25) is 0 Å². The number of likely N-dealkylation sites (N-methyl/N-ethyl adjacent to an activating group) is 1. The molecule has 40 heavy (non-hydrogen) atoms. The first-order valence-electron chi connectivity index (χ1n) is 13.3. The van der Waals surface area contributed by atoms with Crippen molar-refractivity contribution in [3.63, 3.8) is 0 Å². The van der Waals surface area contributed by atoms with E-state index in [1.54, 1.807) is 14.1 Å². The van der Waals surface area contributed by atoms with E-state index in [9.17, 15) is 34.8 Å². The van der Waals surface area contributed by atoms with Gasteiger partial charge in [0.15, 0.2) is 11.4 Å². The highest BCUT2D eigenvalue weighted by atomic mass is 16.5. The van der Waals surface area contributed by atoms with Crippen molar-refractivity contribution in [2.75, 3.05) is 59.4 Å². The quantitative estimate of drug-likeness (QED) is 0.309. The summed E-state index contributed by atoms with van der Waals surface area (Å²) in [6.07, 6.45) is 0.294. The molecule has 6 N–H and O–H groups in total. The van der Waals surface area contributed by atoms with E-state index in [1.165, 1.54) is 4.90 Å². The number of ether oxygens (including phenoxy) is 1. The minimum Gasteiger partial charge on any atom is -0.510 e. The maximum atomic E-state index is 14.1. The summed E-state index contributed by atoms with van der Waals surface area (Å²) < 4.78 is 5.42. The fourth-order valence-electron chi connectivity index (χ4n) is 6.87. The number of morpholine rings is 1. The summed E-state index contributed by atoms with van der Waals surface area (Å²) in [7, 11) is 6.89. The number of hydrogen-bond donors (Lipinski definition) is 5. The highest BCUT2D eigenvalue weighted by Gasteiger charge is 2.63. The van der Waals surface area contributed by atoms with Crippen molar-refractivity contribution < 1.29 is 39.5 Å². The van der Waals surface area contributed by atoms with Crippen LogP contribution in [0.25, 0.3) is 0 Å². The number of phenols is 1. The van der Waals surface area contributed by atoms with Gasteiger partial charge in [-0.25, -0.2) is 0 Å². The molecule has 1 saturated heterocycles. The Hall–Kier alpha value is -3.45. The summed E-state index contributed by atoms with van der Waals surface area (Å²) >= 11 is 0. The van der Waals surface area contributed by atoms with Crippen LogP contribution in [0.1, 0.15) is 27.9 Å². The van der Waals surface area contributed by atoms with Crippen molar-refractivity contribution in [1.82, 2.24) is 9.80 Å². The van der Waals surface area contributed by atoms with Crippen molar-refractivity contribution in [3.05, 3.63) is 45.4 Å². The molecule has 216 valence electrons. The van der Waals surface area contributed by atoms with E-state index in [2.05, 4.69) is 4.90 Å². The second kappa shape index (κ2) is 9.88. The van der Waals surface area contributed by atoms with E-state index >= 15 is 0 Å². The van der Waals surface area contributed by atoms with Gasteiger partial charge in [-0.15, -0.1) is 0 Å². The Morgan fingerprint density at radius 2 is 1.80 bits per heavy atom. The molecule has 1 fully saturated rings. The van der Waals surface area contributed by atoms with Crippen molar-refractivity contribution in [1.29, 1.82) is 0 Å². The van der Waals surface area contributed by atoms with Gasteiger partial charge in [-0.3, -0.25) is 24.2 Å². The molecule has 12 nitrogen and oxygen atoms in total. The average molecular weight is 557 g/mol. The molecule has 5 rings (SSSR count). The van der Waals surface area contributed by atoms with Crippen LogP contribution >= 0.6 is 0 Å². The number of carbonyl (C=O) groups excluding carboxylic acids is 3. The topological polar surface area (TPSA) is 177 Å². The lowest BCUT2D eigenvalue weighted by Gasteiger charge is -2.50. The van der Waals surface area contributed by atoms with Gasteiger partial charge in [0.05, 0.1) is 24.8 Å². The SMILES string of the molecule is CN(C)c1cc(CN2CCOCC2)c(O)c2c1C[C@@H]1C[C@H]3[C@H](N(C)C)C(O)=C(C(N)=O)C(=O)[C@@]3(O)C(O)=C1C2=O. The number of phenolic OH excluding ortho intramolecular Hbond substituents is 1. The number of aromatic hydroxyl groups is 1. The zero-order valence-electron chi connectivity index (χ0n) is 23.1. The molecule has 0 saturated carbocycles. The van der Waals surface area contributed by atoms with Crippen molar-refractivity contribution >= 4 is 23.2 Å². The predicted octanol–water partition coefficient (Wildman–Crippen LogP) is 0.0188. The number of nitrogens with zero attached hydrogens (tertiary/aromatic N) is 3. The molecule has 1 amide bonds. The van der Waals surface area contributed by atoms with Crippen molar-refractivity contribution in [2.45, 2.75) is 31.0 Å². The van der Waals surface area contributed by atoms with Gasteiger partial charge < -0.3 is 35.8 Å². The molecular formula is C28H36N4O8. The average Bonchev–Trinajstić information content (AvgIpc) is 2.87. The summed E-state index contributed by atoms with van der Waals surface area (Å²) in [6.45, 7) is 2.84. The third kappa shape index (κ3) is 4.00. The van der Waals surface area contributed by atoms with Gasteiger partial charge >= 0.3 is 0 Å². The number of Topliss-reactive ketones (excluding diaryl/α,β-unsaturated/α-hetero) is 2. The number of fused-ring (bicyclic) bond motifs is 3. The largest absolute Gasteiger partial charge is 0.510 e. The van der Waals surface area contributed by atoms with Gasteiger partial charge in [-0.1, -0.05) is 0 Å². The first kappa shape index (κ1) is 28.1. The minimum atomic E-state index is -2.66. The van der Waals surface area contributed by atoms with Crippen LogP contribution in [-0.4, -0.2) is 114 Å². The highest BCUT2D eigenvalue weighted by molar-refractivity contribution is 6.24. The summed E-state index contributed by atoms with van der Waals surface area (Å²) in [5.41, 5.74) is 3.66. The Balaban J connectivity index is 1.67. The van der Waals surface area contributed by atoms with E-state index in [0.717, 1.165) is 5.69 Å². The first-order chi connectivity index (χ1) is 18.8. The molecule has 1 aromatic rings. The number of amides is 1. The van der Waals surface area contributed by atoms with Crippen LogP contribution in [0.15, 0.2) is 28.7 Å². The molecule has 4 atom stereocenters.